The van der Waals surface area contributed by atoms with Crippen molar-refractivity contribution in [1.29, 1.82) is 0 Å². The van der Waals surface area contributed by atoms with E-state index in [1.165, 1.54) is 12.1 Å². The lowest BCUT2D eigenvalue weighted by Crippen LogP contribution is -2.29. The van der Waals surface area contributed by atoms with Crippen molar-refractivity contribution in [3.8, 4) is 0 Å². The highest BCUT2D eigenvalue weighted by Crippen LogP contribution is 2.30. The van der Waals surface area contributed by atoms with Gasteiger partial charge in [0.2, 0.25) is 5.91 Å². The average Bonchev–Trinajstić information content (AvgIpc) is 2.88. The number of amides is 1. The maximum absolute atomic E-state index is 12.7. The standard InChI is InChI=1S/C16H21F3N2O/c1-12(13-5-2-6-14(11-13)16(17,18)19)20-8-4-10-21-9-3-7-15(21)22/h2,5-6,11-12,20H,3-4,7-10H2,1H3. The third kappa shape index (κ3) is 4.47. The molecule has 1 amide bonds. The molecule has 122 valence electrons. The Hall–Kier alpha value is -1.56. The maximum Gasteiger partial charge on any atom is 0.416 e. The van der Waals surface area contributed by atoms with E-state index < -0.39 is 11.7 Å². The molecule has 2 rings (SSSR count). The summed E-state index contributed by atoms with van der Waals surface area (Å²) in [5.41, 5.74) is -0.00612. The van der Waals surface area contributed by atoms with Crippen LogP contribution in [0.25, 0.3) is 0 Å². The number of nitrogens with one attached hydrogen (secondary N) is 1. The van der Waals surface area contributed by atoms with Crippen molar-refractivity contribution in [2.45, 2.75) is 38.4 Å². The average molecular weight is 314 g/mol. The Balaban J connectivity index is 1.79. The molecule has 1 unspecified atom stereocenters. The molecule has 1 saturated heterocycles. The van der Waals surface area contributed by atoms with Crippen molar-refractivity contribution in [2.75, 3.05) is 19.6 Å². The Kier molecular flexibility index (Phi) is 5.45. The smallest absolute Gasteiger partial charge is 0.343 e. The van der Waals surface area contributed by atoms with Crippen LogP contribution >= 0.6 is 0 Å². The number of nitrogens with zero attached hydrogens (tertiary/aromatic N) is 1. The summed E-state index contributed by atoms with van der Waals surface area (Å²) >= 11 is 0. The zero-order chi connectivity index (χ0) is 16.2. The first-order valence-corrected chi connectivity index (χ1v) is 7.56. The van der Waals surface area contributed by atoms with Crippen LogP contribution in [-0.4, -0.2) is 30.4 Å². The van der Waals surface area contributed by atoms with Gasteiger partial charge in [-0.15, -0.1) is 0 Å². The molecule has 0 saturated carbocycles. The number of halogens is 3. The lowest BCUT2D eigenvalue weighted by atomic mass is 10.0. The molecule has 1 aromatic rings. The minimum Gasteiger partial charge on any atom is -0.343 e. The van der Waals surface area contributed by atoms with Gasteiger partial charge in [0.1, 0.15) is 0 Å². The van der Waals surface area contributed by atoms with E-state index in [2.05, 4.69) is 5.32 Å². The van der Waals surface area contributed by atoms with E-state index in [-0.39, 0.29) is 11.9 Å². The molecular formula is C16H21F3N2O. The second-order valence-electron chi connectivity index (χ2n) is 5.64. The number of rotatable bonds is 6. The van der Waals surface area contributed by atoms with Crippen LogP contribution < -0.4 is 5.32 Å². The molecule has 0 aliphatic carbocycles. The van der Waals surface area contributed by atoms with Gasteiger partial charge in [0.05, 0.1) is 5.56 Å². The number of alkyl halides is 3. The van der Waals surface area contributed by atoms with Crippen LogP contribution in [0.4, 0.5) is 13.2 Å². The highest BCUT2D eigenvalue weighted by molar-refractivity contribution is 5.77. The van der Waals surface area contributed by atoms with Gasteiger partial charge in [-0.3, -0.25) is 4.79 Å². The Morgan fingerprint density at radius 1 is 1.36 bits per heavy atom. The summed E-state index contributed by atoms with van der Waals surface area (Å²) in [4.78, 5) is 13.3. The number of benzene rings is 1. The summed E-state index contributed by atoms with van der Waals surface area (Å²) in [6.45, 7) is 4.04. The van der Waals surface area contributed by atoms with Crippen LogP contribution in [0, 0.1) is 0 Å². The van der Waals surface area contributed by atoms with Crippen molar-refractivity contribution in [3.63, 3.8) is 0 Å². The largest absolute Gasteiger partial charge is 0.416 e. The van der Waals surface area contributed by atoms with Crippen LogP contribution in [0.5, 0.6) is 0 Å². The highest BCUT2D eigenvalue weighted by atomic mass is 19.4. The van der Waals surface area contributed by atoms with Crippen molar-refractivity contribution >= 4 is 5.91 Å². The summed E-state index contributed by atoms with van der Waals surface area (Å²) in [5, 5.41) is 3.21. The first-order chi connectivity index (χ1) is 10.4. The van der Waals surface area contributed by atoms with Crippen molar-refractivity contribution < 1.29 is 18.0 Å². The number of carbonyl (C=O) groups excluding carboxylic acids is 1. The molecule has 0 radical (unpaired) electrons. The number of carbonyl (C=O) groups is 1. The molecule has 1 atom stereocenters. The maximum atomic E-state index is 12.7. The van der Waals surface area contributed by atoms with Gasteiger partial charge in [0.25, 0.3) is 0 Å². The third-order valence-electron chi connectivity index (χ3n) is 3.94. The molecule has 1 fully saturated rings. The first-order valence-electron chi connectivity index (χ1n) is 7.56. The normalized spacial score (nSPS) is 17.1. The second kappa shape index (κ2) is 7.13. The quantitative estimate of drug-likeness (QED) is 0.817. The van der Waals surface area contributed by atoms with Crippen LogP contribution in [0.2, 0.25) is 0 Å². The van der Waals surface area contributed by atoms with E-state index in [4.69, 9.17) is 0 Å². The Morgan fingerprint density at radius 3 is 2.77 bits per heavy atom. The Labute approximate surface area is 128 Å². The molecule has 0 bridgehead atoms. The van der Waals surface area contributed by atoms with Gasteiger partial charge in [0, 0.05) is 25.6 Å². The predicted molar refractivity (Wildman–Crippen MR) is 78.3 cm³/mol. The minimum absolute atomic E-state index is 0.156. The third-order valence-corrected chi connectivity index (χ3v) is 3.94. The number of likely N-dealkylation sites (tertiary alicyclic amines) is 1. The zero-order valence-electron chi connectivity index (χ0n) is 12.6. The second-order valence-corrected chi connectivity index (χ2v) is 5.64. The summed E-state index contributed by atoms with van der Waals surface area (Å²) in [7, 11) is 0. The number of hydrogen-bond donors (Lipinski definition) is 1. The SMILES string of the molecule is CC(NCCCN1CCCC1=O)c1cccc(C(F)(F)F)c1. The molecule has 1 aliphatic rings. The van der Waals surface area contributed by atoms with Gasteiger partial charge in [0.15, 0.2) is 0 Å². The van der Waals surface area contributed by atoms with Gasteiger partial charge >= 0.3 is 6.18 Å². The van der Waals surface area contributed by atoms with Crippen LogP contribution in [0.1, 0.15) is 43.4 Å². The van der Waals surface area contributed by atoms with Crippen molar-refractivity contribution in [3.05, 3.63) is 35.4 Å². The molecule has 3 nitrogen and oxygen atoms in total. The Bertz CT molecular complexity index is 516. The predicted octanol–water partition coefficient (Wildman–Crippen LogP) is 3.37. The van der Waals surface area contributed by atoms with E-state index in [0.717, 1.165) is 25.5 Å². The van der Waals surface area contributed by atoms with Gasteiger partial charge in [-0.1, -0.05) is 12.1 Å². The van der Waals surface area contributed by atoms with Gasteiger partial charge < -0.3 is 10.2 Å². The molecule has 1 N–H and O–H groups in total. The summed E-state index contributed by atoms with van der Waals surface area (Å²) in [6.07, 6.45) is -1.96. The van der Waals surface area contributed by atoms with E-state index >= 15 is 0 Å². The topological polar surface area (TPSA) is 32.3 Å². The van der Waals surface area contributed by atoms with E-state index in [1.807, 2.05) is 11.8 Å². The van der Waals surface area contributed by atoms with Crippen LogP contribution in [-0.2, 0) is 11.0 Å². The van der Waals surface area contributed by atoms with Crippen LogP contribution in [0.15, 0.2) is 24.3 Å². The van der Waals surface area contributed by atoms with E-state index in [0.29, 0.717) is 25.1 Å². The molecule has 0 spiro atoms. The summed E-state index contributed by atoms with van der Waals surface area (Å²) in [5.74, 6) is 0.200. The Morgan fingerprint density at radius 2 is 2.14 bits per heavy atom. The van der Waals surface area contributed by atoms with Crippen molar-refractivity contribution in [2.24, 2.45) is 0 Å². The van der Waals surface area contributed by atoms with Gasteiger partial charge in [-0.05, 0) is 44.0 Å². The lowest BCUT2D eigenvalue weighted by molar-refractivity contribution is -0.137. The molecule has 22 heavy (non-hydrogen) atoms. The summed E-state index contributed by atoms with van der Waals surface area (Å²) in [6, 6.07) is 5.23. The first kappa shape index (κ1) is 16.8. The summed E-state index contributed by atoms with van der Waals surface area (Å²) < 4.78 is 38.1. The van der Waals surface area contributed by atoms with E-state index in [9.17, 15) is 18.0 Å². The minimum atomic E-state index is -4.31. The molecule has 1 aliphatic heterocycles. The highest BCUT2D eigenvalue weighted by Gasteiger charge is 2.30. The van der Waals surface area contributed by atoms with Crippen LogP contribution in [0.3, 0.4) is 0 Å². The molecule has 1 heterocycles. The fourth-order valence-electron chi connectivity index (χ4n) is 2.63. The van der Waals surface area contributed by atoms with Gasteiger partial charge in [-0.25, -0.2) is 0 Å². The van der Waals surface area contributed by atoms with E-state index in [1.54, 1.807) is 6.07 Å². The molecular weight excluding hydrogens is 293 g/mol. The number of hydrogen-bond acceptors (Lipinski definition) is 2. The monoisotopic (exact) mass is 314 g/mol. The van der Waals surface area contributed by atoms with Crippen molar-refractivity contribution in [1.82, 2.24) is 10.2 Å². The molecule has 6 heteroatoms. The lowest BCUT2D eigenvalue weighted by Gasteiger charge is -2.18. The fraction of sp³-hybridized carbons (Fsp3) is 0.562. The molecule has 1 aromatic carbocycles. The van der Waals surface area contributed by atoms with Gasteiger partial charge in [-0.2, -0.15) is 13.2 Å². The fourth-order valence-corrected chi connectivity index (χ4v) is 2.63. The zero-order valence-corrected chi connectivity index (χ0v) is 12.6. The molecule has 0 aromatic heterocycles.